The van der Waals surface area contributed by atoms with E-state index in [1.807, 2.05) is 12.1 Å². The number of hydrogen-bond donors (Lipinski definition) is 1. The van der Waals surface area contributed by atoms with E-state index in [0.29, 0.717) is 12.6 Å². The van der Waals surface area contributed by atoms with Crippen LogP contribution in [0.2, 0.25) is 5.02 Å². The van der Waals surface area contributed by atoms with Crippen molar-refractivity contribution in [2.75, 3.05) is 13.6 Å². The van der Waals surface area contributed by atoms with E-state index in [-0.39, 0.29) is 0 Å². The summed E-state index contributed by atoms with van der Waals surface area (Å²) in [6, 6.07) is 8.53. The van der Waals surface area contributed by atoms with Gasteiger partial charge in [0.2, 0.25) is 0 Å². The third kappa shape index (κ3) is 5.70. The van der Waals surface area contributed by atoms with Crippen LogP contribution >= 0.6 is 11.6 Å². The van der Waals surface area contributed by atoms with Gasteiger partial charge in [-0.1, -0.05) is 43.5 Å². The summed E-state index contributed by atoms with van der Waals surface area (Å²) in [7, 11) is 2.09. The summed E-state index contributed by atoms with van der Waals surface area (Å²) in [5.41, 5.74) is 1.22. The third-order valence-corrected chi connectivity index (χ3v) is 5.25. The lowest BCUT2D eigenvalue weighted by Crippen LogP contribution is -2.43. The summed E-state index contributed by atoms with van der Waals surface area (Å²) < 4.78 is 2.08. The van der Waals surface area contributed by atoms with Gasteiger partial charge in [0.05, 0.1) is 6.54 Å². The largest absolute Gasteiger partial charge is 0.354 e. The molecule has 0 saturated heterocycles. The molecular weight excluding hydrogens is 360 g/mol. The van der Waals surface area contributed by atoms with E-state index >= 15 is 0 Å². The van der Waals surface area contributed by atoms with Gasteiger partial charge in [-0.25, -0.2) is 0 Å². The third-order valence-electron chi connectivity index (χ3n) is 5.00. The monoisotopic (exact) mass is 388 g/mol. The number of rotatable bonds is 7. The number of aliphatic imine (C=N–C) groups is 1. The van der Waals surface area contributed by atoms with E-state index < -0.39 is 0 Å². The van der Waals surface area contributed by atoms with Crippen molar-refractivity contribution in [2.24, 2.45) is 4.99 Å². The van der Waals surface area contributed by atoms with E-state index in [2.05, 4.69) is 51.1 Å². The maximum Gasteiger partial charge on any atom is 0.194 e. The zero-order valence-corrected chi connectivity index (χ0v) is 17.0. The van der Waals surface area contributed by atoms with Gasteiger partial charge in [0, 0.05) is 37.6 Å². The fourth-order valence-corrected chi connectivity index (χ4v) is 3.60. The highest BCUT2D eigenvalue weighted by atomic mass is 35.5. The van der Waals surface area contributed by atoms with Gasteiger partial charge in [-0.3, -0.25) is 4.99 Å². The van der Waals surface area contributed by atoms with Crippen molar-refractivity contribution >= 4 is 17.6 Å². The Labute approximate surface area is 166 Å². The van der Waals surface area contributed by atoms with Crippen molar-refractivity contribution in [3.05, 3.63) is 47.0 Å². The van der Waals surface area contributed by atoms with Crippen LogP contribution in [0.5, 0.6) is 0 Å². The van der Waals surface area contributed by atoms with Crippen LogP contribution < -0.4 is 5.32 Å². The maximum atomic E-state index is 6.00. The molecule has 0 atom stereocenters. The van der Waals surface area contributed by atoms with E-state index in [9.17, 15) is 0 Å². The van der Waals surface area contributed by atoms with Gasteiger partial charge in [-0.2, -0.15) is 0 Å². The van der Waals surface area contributed by atoms with Crippen LogP contribution in [-0.2, 0) is 19.5 Å². The highest BCUT2D eigenvalue weighted by Gasteiger charge is 2.18. The number of aromatic nitrogens is 3. The number of hydrogen-bond acceptors (Lipinski definition) is 3. The van der Waals surface area contributed by atoms with Crippen molar-refractivity contribution in [3.8, 4) is 0 Å². The van der Waals surface area contributed by atoms with E-state index in [1.165, 1.54) is 31.2 Å². The Balaban J connectivity index is 1.65. The molecular formula is C20H29ClN6. The molecule has 1 aromatic heterocycles. The average Bonchev–Trinajstić information content (AvgIpc) is 3.34. The summed E-state index contributed by atoms with van der Waals surface area (Å²) >= 11 is 6.00. The lowest BCUT2D eigenvalue weighted by Gasteiger charge is -2.25. The van der Waals surface area contributed by atoms with Gasteiger partial charge in [0.1, 0.15) is 12.2 Å². The molecule has 3 rings (SSSR count). The van der Waals surface area contributed by atoms with Crippen LogP contribution in [0.3, 0.4) is 0 Å². The number of nitrogens with one attached hydrogen (secondary N) is 1. The van der Waals surface area contributed by atoms with Gasteiger partial charge in [0.15, 0.2) is 5.96 Å². The standard InChI is InChI=1S/C20H29ClN6/c1-3-19-25-23-15-27(19)13-12-22-20(24-18-6-4-5-7-18)26(2)14-16-8-10-17(21)11-9-16/h8-11,15,18H,3-7,12-14H2,1-2H3,(H,22,24). The Hall–Kier alpha value is -2.08. The number of halogens is 1. The second-order valence-corrected chi connectivity index (χ2v) is 7.54. The first-order chi connectivity index (χ1) is 13.2. The lowest BCUT2D eigenvalue weighted by molar-refractivity contribution is 0.456. The molecule has 0 unspecified atom stereocenters. The molecule has 27 heavy (non-hydrogen) atoms. The van der Waals surface area contributed by atoms with E-state index in [0.717, 1.165) is 36.3 Å². The summed E-state index contributed by atoms with van der Waals surface area (Å²) in [6.07, 6.45) is 7.71. The van der Waals surface area contributed by atoms with Gasteiger partial charge >= 0.3 is 0 Å². The molecule has 0 amide bonds. The zero-order valence-electron chi connectivity index (χ0n) is 16.2. The number of guanidine groups is 1. The fourth-order valence-electron chi connectivity index (χ4n) is 3.47. The molecule has 1 aliphatic rings. The molecule has 0 aliphatic heterocycles. The Morgan fingerprint density at radius 3 is 2.74 bits per heavy atom. The first-order valence-electron chi connectivity index (χ1n) is 9.79. The summed E-state index contributed by atoms with van der Waals surface area (Å²) in [4.78, 5) is 7.07. The molecule has 0 bridgehead atoms. The molecule has 0 spiro atoms. The normalized spacial score (nSPS) is 15.3. The van der Waals surface area contributed by atoms with Gasteiger partial charge < -0.3 is 14.8 Å². The summed E-state index contributed by atoms with van der Waals surface area (Å²) in [6.45, 7) is 4.38. The minimum absolute atomic E-state index is 0.525. The number of benzene rings is 1. The van der Waals surface area contributed by atoms with Crippen molar-refractivity contribution in [2.45, 2.75) is 58.2 Å². The predicted octanol–water partition coefficient (Wildman–Crippen LogP) is 3.51. The van der Waals surface area contributed by atoms with Crippen molar-refractivity contribution in [3.63, 3.8) is 0 Å². The second kappa shape index (κ2) is 9.74. The van der Waals surface area contributed by atoms with Crippen LogP contribution in [0.15, 0.2) is 35.6 Å². The first-order valence-corrected chi connectivity index (χ1v) is 10.2. The van der Waals surface area contributed by atoms with Crippen molar-refractivity contribution < 1.29 is 0 Å². The quantitative estimate of drug-likeness (QED) is 0.582. The van der Waals surface area contributed by atoms with Crippen molar-refractivity contribution in [1.29, 1.82) is 0 Å². The molecule has 2 aromatic rings. The average molecular weight is 389 g/mol. The van der Waals surface area contributed by atoms with Crippen LogP contribution in [-0.4, -0.2) is 45.3 Å². The minimum Gasteiger partial charge on any atom is -0.354 e. The molecule has 6 nitrogen and oxygen atoms in total. The van der Waals surface area contributed by atoms with Gasteiger partial charge in [0.25, 0.3) is 0 Å². The van der Waals surface area contributed by atoms with E-state index in [4.69, 9.17) is 16.6 Å². The fraction of sp³-hybridized carbons (Fsp3) is 0.550. The molecule has 1 saturated carbocycles. The lowest BCUT2D eigenvalue weighted by atomic mass is 10.2. The molecule has 0 radical (unpaired) electrons. The van der Waals surface area contributed by atoms with Crippen LogP contribution in [0.25, 0.3) is 0 Å². The van der Waals surface area contributed by atoms with Crippen LogP contribution in [0.4, 0.5) is 0 Å². The minimum atomic E-state index is 0.525. The Morgan fingerprint density at radius 1 is 1.30 bits per heavy atom. The first kappa shape index (κ1) is 19.7. The summed E-state index contributed by atoms with van der Waals surface area (Å²) in [5.74, 6) is 1.97. The Morgan fingerprint density at radius 2 is 2.04 bits per heavy atom. The molecule has 1 fully saturated rings. The molecule has 146 valence electrons. The Kier molecular flexibility index (Phi) is 7.10. The topological polar surface area (TPSA) is 58.3 Å². The highest BCUT2D eigenvalue weighted by molar-refractivity contribution is 6.30. The number of nitrogens with zero attached hydrogens (tertiary/aromatic N) is 5. The van der Waals surface area contributed by atoms with Crippen LogP contribution in [0.1, 0.15) is 44.0 Å². The summed E-state index contributed by atoms with van der Waals surface area (Å²) in [5, 5.41) is 12.6. The molecule has 1 aromatic carbocycles. The second-order valence-electron chi connectivity index (χ2n) is 7.11. The van der Waals surface area contributed by atoms with Gasteiger partial charge in [-0.15, -0.1) is 10.2 Å². The van der Waals surface area contributed by atoms with Crippen LogP contribution in [0, 0.1) is 0 Å². The molecule has 1 N–H and O–H groups in total. The molecule has 7 heteroatoms. The molecule has 1 aliphatic carbocycles. The predicted molar refractivity (Wildman–Crippen MR) is 110 cm³/mol. The van der Waals surface area contributed by atoms with Gasteiger partial charge in [-0.05, 0) is 30.5 Å². The number of aryl methyl sites for hydroxylation is 1. The zero-order chi connectivity index (χ0) is 19.1. The van der Waals surface area contributed by atoms with Crippen molar-refractivity contribution in [1.82, 2.24) is 25.0 Å². The highest BCUT2D eigenvalue weighted by Crippen LogP contribution is 2.18. The SMILES string of the molecule is CCc1nncn1CCN=C(NC1CCCC1)N(C)Cc1ccc(Cl)cc1. The van der Waals surface area contributed by atoms with E-state index in [1.54, 1.807) is 6.33 Å². The Bertz CT molecular complexity index is 733. The smallest absolute Gasteiger partial charge is 0.194 e. The molecule has 1 heterocycles. The maximum absolute atomic E-state index is 6.00.